The maximum absolute atomic E-state index is 12.5. The Hall–Kier alpha value is -2.08. The predicted molar refractivity (Wildman–Crippen MR) is 111 cm³/mol. The molecule has 2 fully saturated rings. The SMILES string of the molecule is NC(=O)CC1CCN(C(=O)NCC2CCCCN(Cc3ccccc3)C2)CC1. The number of nitrogens with zero attached hydrogens (tertiary/aromatic N) is 2. The summed E-state index contributed by atoms with van der Waals surface area (Å²) in [7, 11) is 0. The Kier molecular flexibility index (Phi) is 7.71. The number of nitrogens with two attached hydrogens (primary N) is 1. The van der Waals surface area contributed by atoms with Crippen molar-refractivity contribution in [1.29, 1.82) is 0 Å². The molecule has 154 valence electrons. The molecule has 0 aliphatic carbocycles. The van der Waals surface area contributed by atoms with E-state index in [4.69, 9.17) is 5.73 Å². The number of likely N-dealkylation sites (tertiary alicyclic amines) is 2. The monoisotopic (exact) mass is 386 g/mol. The minimum Gasteiger partial charge on any atom is -0.370 e. The highest BCUT2D eigenvalue weighted by atomic mass is 16.2. The molecule has 2 aliphatic heterocycles. The van der Waals surface area contributed by atoms with E-state index in [-0.39, 0.29) is 11.9 Å². The van der Waals surface area contributed by atoms with E-state index >= 15 is 0 Å². The van der Waals surface area contributed by atoms with Gasteiger partial charge in [-0.15, -0.1) is 0 Å². The average Bonchev–Trinajstić information content (AvgIpc) is 2.92. The maximum atomic E-state index is 12.5. The van der Waals surface area contributed by atoms with Crippen LogP contribution in [0.5, 0.6) is 0 Å². The summed E-state index contributed by atoms with van der Waals surface area (Å²) in [6.45, 7) is 5.33. The number of amides is 3. The molecule has 1 unspecified atom stereocenters. The Bertz CT molecular complexity index is 629. The number of piperidine rings is 1. The molecule has 0 aromatic heterocycles. The lowest BCUT2D eigenvalue weighted by atomic mass is 9.93. The van der Waals surface area contributed by atoms with Crippen LogP contribution in [-0.4, -0.2) is 54.5 Å². The fourth-order valence-electron chi connectivity index (χ4n) is 4.44. The topological polar surface area (TPSA) is 78.7 Å². The van der Waals surface area contributed by atoms with Gasteiger partial charge in [0, 0.05) is 39.1 Å². The highest BCUT2D eigenvalue weighted by Crippen LogP contribution is 2.21. The Morgan fingerprint density at radius 1 is 1.00 bits per heavy atom. The van der Waals surface area contributed by atoms with Gasteiger partial charge in [0.05, 0.1) is 0 Å². The smallest absolute Gasteiger partial charge is 0.317 e. The molecule has 2 heterocycles. The Morgan fingerprint density at radius 2 is 1.75 bits per heavy atom. The molecule has 3 N–H and O–H groups in total. The van der Waals surface area contributed by atoms with E-state index in [0.29, 0.717) is 31.3 Å². The van der Waals surface area contributed by atoms with E-state index in [1.165, 1.54) is 24.8 Å². The van der Waals surface area contributed by atoms with Gasteiger partial charge in [-0.3, -0.25) is 9.69 Å². The van der Waals surface area contributed by atoms with Crippen LogP contribution in [0.15, 0.2) is 30.3 Å². The van der Waals surface area contributed by atoms with Crippen LogP contribution < -0.4 is 11.1 Å². The molecule has 0 spiro atoms. The van der Waals surface area contributed by atoms with Gasteiger partial charge in [0.15, 0.2) is 0 Å². The second-order valence-corrected chi connectivity index (χ2v) is 8.37. The molecule has 3 rings (SSSR count). The summed E-state index contributed by atoms with van der Waals surface area (Å²) in [5.41, 5.74) is 6.64. The highest BCUT2D eigenvalue weighted by Gasteiger charge is 2.25. The number of primary amides is 1. The molecule has 2 aliphatic rings. The first-order valence-electron chi connectivity index (χ1n) is 10.7. The van der Waals surface area contributed by atoms with Crippen molar-refractivity contribution in [3.63, 3.8) is 0 Å². The van der Waals surface area contributed by atoms with Crippen molar-refractivity contribution < 1.29 is 9.59 Å². The normalized spacial score (nSPS) is 21.9. The van der Waals surface area contributed by atoms with Gasteiger partial charge in [0.1, 0.15) is 0 Å². The summed E-state index contributed by atoms with van der Waals surface area (Å²) < 4.78 is 0. The van der Waals surface area contributed by atoms with Crippen molar-refractivity contribution in [2.45, 2.75) is 45.1 Å². The number of nitrogens with one attached hydrogen (secondary N) is 1. The Balaban J connectivity index is 1.41. The van der Waals surface area contributed by atoms with Crippen molar-refractivity contribution in [3.8, 4) is 0 Å². The maximum Gasteiger partial charge on any atom is 0.317 e. The summed E-state index contributed by atoms with van der Waals surface area (Å²) in [6, 6.07) is 10.7. The molecule has 1 aromatic carbocycles. The van der Waals surface area contributed by atoms with Gasteiger partial charge in [-0.25, -0.2) is 4.79 Å². The van der Waals surface area contributed by atoms with Gasteiger partial charge in [-0.1, -0.05) is 36.8 Å². The van der Waals surface area contributed by atoms with Crippen molar-refractivity contribution in [2.75, 3.05) is 32.7 Å². The summed E-state index contributed by atoms with van der Waals surface area (Å²) >= 11 is 0. The van der Waals surface area contributed by atoms with Crippen LogP contribution in [0, 0.1) is 11.8 Å². The molecule has 0 saturated carbocycles. The van der Waals surface area contributed by atoms with Gasteiger partial charge < -0.3 is 16.0 Å². The van der Waals surface area contributed by atoms with Crippen LogP contribution in [0.1, 0.15) is 44.1 Å². The third kappa shape index (κ3) is 6.51. The number of carbonyl (C=O) groups excluding carboxylic acids is 2. The van der Waals surface area contributed by atoms with Gasteiger partial charge in [0.2, 0.25) is 5.91 Å². The Morgan fingerprint density at radius 3 is 2.46 bits per heavy atom. The van der Waals surface area contributed by atoms with Gasteiger partial charge in [-0.2, -0.15) is 0 Å². The lowest BCUT2D eigenvalue weighted by Crippen LogP contribution is -2.46. The van der Waals surface area contributed by atoms with Crippen molar-refractivity contribution in [3.05, 3.63) is 35.9 Å². The lowest BCUT2D eigenvalue weighted by molar-refractivity contribution is -0.119. The van der Waals surface area contributed by atoms with Crippen molar-refractivity contribution in [1.82, 2.24) is 15.1 Å². The minimum absolute atomic E-state index is 0.0383. The van der Waals surface area contributed by atoms with Gasteiger partial charge in [-0.05, 0) is 49.6 Å². The summed E-state index contributed by atoms with van der Waals surface area (Å²) in [5.74, 6) is 0.592. The first-order valence-corrected chi connectivity index (χ1v) is 10.7. The van der Waals surface area contributed by atoms with Crippen LogP contribution in [0.2, 0.25) is 0 Å². The van der Waals surface area contributed by atoms with Crippen molar-refractivity contribution in [2.24, 2.45) is 17.6 Å². The number of benzene rings is 1. The number of hydrogen-bond donors (Lipinski definition) is 2. The zero-order chi connectivity index (χ0) is 19.8. The molecule has 0 radical (unpaired) electrons. The second kappa shape index (κ2) is 10.5. The molecular weight excluding hydrogens is 352 g/mol. The minimum atomic E-state index is -0.240. The molecule has 2 saturated heterocycles. The number of carbonyl (C=O) groups is 2. The molecule has 1 atom stereocenters. The zero-order valence-electron chi connectivity index (χ0n) is 16.8. The Labute approximate surface area is 168 Å². The molecular formula is C22H34N4O2. The quantitative estimate of drug-likeness (QED) is 0.789. The standard InChI is InChI=1S/C22H34N4O2/c23-21(27)14-18-9-12-26(13-10-18)22(28)24-15-20-8-4-5-11-25(17-20)16-19-6-2-1-3-7-19/h1-3,6-7,18,20H,4-5,8-17H2,(H2,23,27)(H,24,28). The van der Waals surface area contributed by atoms with Gasteiger partial charge >= 0.3 is 6.03 Å². The first kappa shape index (κ1) is 20.6. The predicted octanol–water partition coefficient (Wildman–Crippen LogP) is 2.59. The van der Waals surface area contributed by atoms with E-state index in [1.54, 1.807) is 0 Å². The molecule has 6 heteroatoms. The lowest BCUT2D eigenvalue weighted by Gasteiger charge is -2.32. The third-order valence-electron chi connectivity index (χ3n) is 6.04. The fraction of sp³-hybridized carbons (Fsp3) is 0.636. The highest BCUT2D eigenvalue weighted by molar-refractivity contribution is 5.75. The van der Waals surface area contributed by atoms with E-state index < -0.39 is 0 Å². The molecule has 0 bridgehead atoms. The summed E-state index contributed by atoms with van der Waals surface area (Å²) in [6.07, 6.45) is 5.80. The second-order valence-electron chi connectivity index (χ2n) is 8.37. The zero-order valence-corrected chi connectivity index (χ0v) is 16.8. The third-order valence-corrected chi connectivity index (χ3v) is 6.04. The largest absolute Gasteiger partial charge is 0.370 e. The number of rotatable bonds is 6. The average molecular weight is 387 g/mol. The number of urea groups is 1. The van der Waals surface area contributed by atoms with Crippen LogP contribution >= 0.6 is 0 Å². The number of hydrogen-bond acceptors (Lipinski definition) is 3. The van der Waals surface area contributed by atoms with Crippen LogP contribution in [-0.2, 0) is 11.3 Å². The molecule has 3 amide bonds. The van der Waals surface area contributed by atoms with E-state index in [1.807, 2.05) is 4.90 Å². The summed E-state index contributed by atoms with van der Waals surface area (Å²) in [5, 5.41) is 3.16. The van der Waals surface area contributed by atoms with E-state index in [9.17, 15) is 9.59 Å². The van der Waals surface area contributed by atoms with E-state index in [2.05, 4.69) is 40.5 Å². The van der Waals surface area contributed by atoms with Gasteiger partial charge in [0.25, 0.3) is 0 Å². The van der Waals surface area contributed by atoms with Crippen molar-refractivity contribution >= 4 is 11.9 Å². The first-order chi connectivity index (χ1) is 13.6. The fourth-order valence-corrected chi connectivity index (χ4v) is 4.44. The summed E-state index contributed by atoms with van der Waals surface area (Å²) in [4.78, 5) is 28.0. The van der Waals surface area contributed by atoms with E-state index in [0.717, 1.165) is 39.0 Å². The molecule has 1 aromatic rings. The molecule has 28 heavy (non-hydrogen) atoms. The van der Waals surface area contributed by atoms with Crippen LogP contribution in [0.3, 0.4) is 0 Å². The van der Waals surface area contributed by atoms with Crippen LogP contribution in [0.4, 0.5) is 4.79 Å². The van der Waals surface area contributed by atoms with Crippen LogP contribution in [0.25, 0.3) is 0 Å². The molecule has 6 nitrogen and oxygen atoms in total.